The molecule has 0 heterocycles. The first kappa shape index (κ1) is 41.1. The fraction of sp³-hybridized carbons (Fsp3) is 1.00. The summed E-state index contributed by atoms with van der Waals surface area (Å²) >= 11 is 0. The molecular formula is C35H76N2O3P+. The molecule has 0 saturated carbocycles. The monoisotopic (exact) mass is 604 g/mol. The maximum absolute atomic E-state index is 14.0. The predicted octanol–water partition coefficient (Wildman–Crippen LogP) is 11.9. The zero-order chi connectivity index (χ0) is 30.7. The summed E-state index contributed by atoms with van der Waals surface area (Å²) in [4.78, 5) is 0. The highest BCUT2D eigenvalue weighted by atomic mass is 31.2. The van der Waals surface area contributed by atoms with Gasteiger partial charge in [0.2, 0.25) is 0 Å². The van der Waals surface area contributed by atoms with Gasteiger partial charge in [0.15, 0.2) is 6.17 Å². The van der Waals surface area contributed by atoms with E-state index in [1.165, 1.54) is 128 Å². The average Bonchev–Trinajstić information content (AvgIpc) is 2.93. The maximum Gasteiger partial charge on any atom is 0.412 e. The predicted molar refractivity (Wildman–Crippen MR) is 182 cm³/mol. The summed E-state index contributed by atoms with van der Waals surface area (Å²) in [6.45, 7) is 7.76. The van der Waals surface area contributed by atoms with E-state index < -0.39 is 7.75 Å². The van der Waals surface area contributed by atoms with Crippen molar-refractivity contribution < 1.29 is 18.1 Å². The molecule has 0 fully saturated rings. The summed E-state index contributed by atoms with van der Waals surface area (Å²) in [6, 6.07) is 0. The van der Waals surface area contributed by atoms with Crippen molar-refractivity contribution in [3.63, 3.8) is 0 Å². The molecule has 1 unspecified atom stereocenters. The van der Waals surface area contributed by atoms with Crippen molar-refractivity contribution >= 4 is 7.75 Å². The van der Waals surface area contributed by atoms with Crippen molar-refractivity contribution in [3.05, 3.63) is 0 Å². The smallest absolute Gasteiger partial charge is 0.316 e. The Morgan fingerprint density at radius 2 is 0.780 bits per heavy atom. The van der Waals surface area contributed by atoms with Crippen LogP contribution in [0.1, 0.15) is 181 Å². The second-order valence-corrected chi connectivity index (χ2v) is 15.6. The Kier molecular flexibility index (Phi) is 27.7. The van der Waals surface area contributed by atoms with Crippen molar-refractivity contribution in [2.24, 2.45) is 0 Å². The van der Waals surface area contributed by atoms with Crippen LogP contribution in [0.3, 0.4) is 0 Å². The second kappa shape index (κ2) is 27.6. The van der Waals surface area contributed by atoms with Crippen LogP contribution in [0.4, 0.5) is 0 Å². The summed E-state index contributed by atoms with van der Waals surface area (Å²) in [7, 11) is 5.08. The van der Waals surface area contributed by atoms with E-state index in [0.717, 1.165) is 32.1 Å². The minimum atomic E-state index is -3.33. The molecule has 0 aliphatic heterocycles. The van der Waals surface area contributed by atoms with E-state index in [4.69, 9.17) is 9.05 Å². The molecule has 248 valence electrons. The van der Waals surface area contributed by atoms with Gasteiger partial charge >= 0.3 is 7.75 Å². The van der Waals surface area contributed by atoms with E-state index in [-0.39, 0.29) is 6.17 Å². The summed E-state index contributed by atoms with van der Waals surface area (Å²) in [5, 5.41) is 0. The van der Waals surface area contributed by atoms with Gasteiger partial charge in [-0.25, -0.2) is 4.57 Å². The van der Waals surface area contributed by atoms with Crippen LogP contribution in [0.15, 0.2) is 0 Å². The van der Waals surface area contributed by atoms with Crippen LogP contribution in [0, 0.1) is 0 Å². The van der Waals surface area contributed by atoms with Gasteiger partial charge in [0, 0.05) is 13.5 Å². The van der Waals surface area contributed by atoms with Gasteiger partial charge in [-0.05, 0) is 12.8 Å². The molecule has 1 atom stereocenters. The Morgan fingerprint density at radius 3 is 1.02 bits per heavy atom. The minimum Gasteiger partial charge on any atom is -0.316 e. The molecule has 0 N–H and O–H groups in total. The summed E-state index contributed by atoms with van der Waals surface area (Å²) in [5.74, 6) is 0. The fourth-order valence-corrected chi connectivity index (χ4v) is 7.90. The highest BCUT2D eigenvalue weighted by Crippen LogP contribution is 2.53. The van der Waals surface area contributed by atoms with Gasteiger partial charge in [-0.1, -0.05) is 162 Å². The van der Waals surface area contributed by atoms with E-state index in [9.17, 15) is 4.57 Å². The lowest BCUT2D eigenvalue weighted by atomic mass is 10.1. The first-order valence-electron chi connectivity index (χ1n) is 18.2. The third-order valence-corrected chi connectivity index (χ3v) is 10.6. The van der Waals surface area contributed by atoms with Crippen LogP contribution < -0.4 is 0 Å². The number of nitrogens with zero attached hydrogens (tertiary/aromatic N) is 2. The lowest BCUT2D eigenvalue weighted by Crippen LogP contribution is -2.52. The van der Waals surface area contributed by atoms with Crippen molar-refractivity contribution in [1.82, 2.24) is 4.67 Å². The van der Waals surface area contributed by atoms with Gasteiger partial charge < -0.3 is 4.48 Å². The van der Waals surface area contributed by atoms with Gasteiger partial charge in [-0.2, -0.15) is 4.67 Å². The molecule has 0 aromatic heterocycles. The molecule has 41 heavy (non-hydrogen) atoms. The van der Waals surface area contributed by atoms with E-state index in [1.54, 1.807) is 0 Å². The molecule has 0 aliphatic rings. The van der Waals surface area contributed by atoms with Crippen LogP contribution in [0.5, 0.6) is 0 Å². The van der Waals surface area contributed by atoms with Crippen LogP contribution in [-0.4, -0.2) is 56.7 Å². The van der Waals surface area contributed by atoms with E-state index >= 15 is 0 Å². The van der Waals surface area contributed by atoms with Crippen molar-refractivity contribution in [3.8, 4) is 0 Å². The number of unbranched alkanes of at least 4 members (excludes halogenated alkanes) is 22. The summed E-state index contributed by atoms with van der Waals surface area (Å²) in [5.41, 5.74) is 0. The van der Waals surface area contributed by atoms with Gasteiger partial charge in [-0.15, -0.1) is 0 Å². The maximum atomic E-state index is 14.0. The van der Waals surface area contributed by atoms with Crippen LogP contribution in [0.25, 0.3) is 0 Å². The molecular weight excluding hydrogens is 527 g/mol. The zero-order valence-corrected chi connectivity index (χ0v) is 30.1. The van der Waals surface area contributed by atoms with Gasteiger partial charge in [0.25, 0.3) is 0 Å². The van der Waals surface area contributed by atoms with Crippen LogP contribution in [0.2, 0.25) is 0 Å². The molecule has 0 aliphatic carbocycles. The molecule has 0 saturated heterocycles. The third-order valence-electron chi connectivity index (χ3n) is 8.58. The number of hydrogen-bond acceptors (Lipinski definition) is 3. The first-order chi connectivity index (χ1) is 19.7. The standard InChI is InChI=1S/C35H76N2O3P/c1-8-11-13-15-17-19-21-23-25-27-29-31-33-39-41(38,36(4)35(10-3)37(5,6)7)40-34-32-30-28-26-24-22-20-18-16-14-12-9-2/h35H,8-34H2,1-7H3/q+1. The molecule has 5 nitrogen and oxygen atoms in total. The molecule has 0 spiro atoms. The average molecular weight is 604 g/mol. The lowest BCUT2D eigenvalue weighted by Gasteiger charge is -2.41. The molecule has 0 amide bonds. The van der Waals surface area contributed by atoms with E-state index in [0.29, 0.717) is 17.7 Å². The van der Waals surface area contributed by atoms with Crippen molar-refractivity contribution in [2.75, 3.05) is 41.4 Å². The second-order valence-electron chi connectivity index (χ2n) is 13.5. The molecule has 0 rings (SSSR count). The first-order valence-corrected chi connectivity index (χ1v) is 19.7. The number of hydrogen-bond donors (Lipinski definition) is 0. The quantitative estimate of drug-likeness (QED) is 0.0332. The Bertz CT molecular complexity index is 562. The molecule has 0 bridgehead atoms. The Hall–Kier alpha value is 0.0700. The Balaban J connectivity index is 4.29. The molecule has 0 aromatic rings. The lowest BCUT2D eigenvalue weighted by molar-refractivity contribution is -0.905. The topological polar surface area (TPSA) is 38.8 Å². The zero-order valence-electron chi connectivity index (χ0n) is 29.2. The van der Waals surface area contributed by atoms with Gasteiger partial charge in [-0.3, -0.25) is 9.05 Å². The van der Waals surface area contributed by atoms with Crippen molar-refractivity contribution in [2.45, 2.75) is 187 Å². The van der Waals surface area contributed by atoms with Gasteiger partial charge in [0.05, 0.1) is 34.4 Å². The number of rotatable bonds is 32. The van der Waals surface area contributed by atoms with Crippen LogP contribution >= 0.6 is 7.75 Å². The molecule has 6 heteroatoms. The largest absolute Gasteiger partial charge is 0.412 e. The number of quaternary nitrogens is 1. The Labute approximate surface area is 259 Å². The fourth-order valence-electron chi connectivity index (χ4n) is 5.94. The summed E-state index contributed by atoms with van der Waals surface area (Å²) < 4.78 is 28.9. The molecule has 0 radical (unpaired) electrons. The van der Waals surface area contributed by atoms with Crippen molar-refractivity contribution in [1.29, 1.82) is 0 Å². The van der Waals surface area contributed by atoms with E-state index in [1.807, 2.05) is 11.7 Å². The Morgan fingerprint density at radius 1 is 0.512 bits per heavy atom. The normalized spacial score (nSPS) is 13.4. The van der Waals surface area contributed by atoms with E-state index in [2.05, 4.69) is 41.9 Å². The third kappa shape index (κ3) is 23.2. The van der Waals surface area contributed by atoms with Gasteiger partial charge in [0.1, 0.15) is 0 Å². The minimum absolute atomic E-state index is 0.0878. The highest BCUT2D eigenvalue weighted by Gasteiger charge is 2.40. The SMILES string of the molecule is CCCCCCCCCCCCCCOP(=O)(OCCCCCCCCCCCCCC)N(C)C(CC)[N+](C)(C)C. The highest BCUT2D eigenvalue weighted by molar-refractivity contribution is 7.51. The van der Waals surface area contributed by atoms with Crippen LogP contribution in [-0.2, 0) is 13.6 Å². The molecule has 0 aromatic carbocycles. The summed E-state index contributed by atoms with van der Waals surface area (Å²) in [6.07, 6.45) is 32.4.